The van der Waals surface area contributed by atoms with E-state index in [9.17, 15) is 9.59 Å². The van der Waals surface area contributed by atoms with Crippen LogP contribution in [0.2, 0.25) is 0 Å². The Morgan fingerprint density at radius 1 is 0.341 bits per heavy atom. The van der Waals surface area contributed by atoms with Crippen molar-refractivity contribution in [1.29, 1.82) is 0 Å². The van der Waals surface area contributed by atoms with E-state index in [1.54, 1.807) is 0 Å². The summed E-state index contributed by atoms with van der Waals surface area (Å²) in [5, 5.41) is 0. The second-order valence-corrected chi connectivity index (χ2v) is 9.80. The van der Waals surface area contributed by atoms with E-state index in [-0.39, 0.29) is 25.2 Å². The third kappa shape index (κ3) is 34.8. The Balaban J connectivity index is 3.15. The highest BCUT2D eigenvalue weighted by atomic mass is 16.6. The molecular formula is C31H60O10. The summed E-state index contributed by atoms with van der Waals surface area (Å²) in [6.45, 7) is 10.5. The number of hydrogen-bond acceptors (Lipinski definition) is 10. The van der Waals surface area contributed by atoms with E-state index in [4.69, 9.17) is 37.9 Å². The highest BCUT2D eigenvalue weighted by Gasteiger charge is 2.03. The Morgan fingerprint density at radius 3 is 0.902 bits per heavy atom. The molecule has 10 nitrogen and oxygen atoms in total. The average Bonchev–Trinajstić information content (AvgIpc) is 2.97. The molecule has 0 heterocycles. The first-order chi connectivity index (χ1) is 20.2. The molecule has 0 aliphatic carbocycles. The lowest BCUT2D eigenvalue weighted by Crippen LogP contribution is -2.15. The van der Waals surface area contributed by atoms with Crippen molar-refractivity contribution in [1.82, 2.24) is 0 Å². The van der Waals surface area contributed by atoms with Crippen LogP contribution in [0.4, 0.5) is 0 Å². The Morgan fingerprint density at radius 2 is 0.585 bits per heavy atom. The molecule has 10 heteroatoms. The number of ether oxygens (including phenoxy) is 8. The van der Waals surface area contributed by atoms with Crippen LogP contribution >= 0.6 is 0 Å². The van der Waals surface area contributed by atoms with Gasteiger partial charge in [-0.25, -0.2) is 0 Å². The predicted molar refractivity (Wildman–Crippen MR) is 158 cm³/mol. The van der Waals surface area contributed by atoms with Gasteiger partial charge in [0.15, 0.2) is 0 Å². The van der Waals surface area contributed by atoms with E-state index in [1.807, 2.05) is 0 Å². The molecule has 0 rings (SSSR count). The van der Waals surface area contributed by atoms with Gasteiger partial charge in [0.1, 0.15) is 13.2 Å². The van der Waals surface area contributed by atoms with E-state index >= 15 is 0 Å². The molecule has 0 atom stereocenters. The van der Waals surface area contributed by atoms with Crippen LogP contribution in [0.25, 0.3) is 0 Å². The van der Waals surface area contributed by atoms with Crippen molar-refractivity contribution >= 4 is 11.9 Å². The first kappa shape index (κ1) is 39.7. The van der Waals surface area contributed by atoms with Gasteiger partial charge in [0.25, 0.3) is 0 Å². The smallest absolute Gasteiger partial charge is 0.305 e. The SMILES string of the molecule is CCCCCCCCCC(=O)OCCOCCOCCOCCOCCOCCOCCOC(=O)CCCCCC. The monoisotopic (exact) mass is 592 g/mol. The van der Waals surface area contributed by atoms with E-state index in [1.165, 1.54) is 32.1 Å². The lowest BCUT2D eigenvalue weighted by atomic mass is 10.1. The van der Waals surface area contributed by atoms with Crippen molar-refractivity contribution in [2.24, 2.45) is 0 Å². The first-order valence-electron chi connectivity index (χ1n) is 16.0. The van der Waals surface area contributed by atoms with E-state index in [2.05, 4.69) is 13.8 Å². The number of unbranched alkanes of at least 4 members (excludes halogenated alkanes) is 9. The van der Waals surface area contributed by atoms with Gasteiger partial charge in [0.2, 0.25) is 0 Å². The summed E-state index contributed by atoms with van der Waals surface area (Å²) >= 11 is 0. The van der Waals surface area contributed by atoms with Crippen LogP contribution in [0.15, 0.2) is 0 Å². The summed E-state index contributed by atoms with van der Waals surface area (Å²) in [5.74, 6) is -0.293. The Bertz CT molecular complexity index is 547. The largest absolute Gasteiger partial charge is 0.463 e. The average molecular weight is 593 g/mol. The fraction of sp³-hybridized carbons (Fsp3) is 0.935. The van der Waals surface area contributed by atoms with Crippen LogP contribution in [-0.4, -0.2) is 104 Å². The van der Waals surface area contributed by atoms with Crippen LogP contribution in [0, 0.1) is 0 Å². The Labute approximate surface area is 249 Å². The molecule has 244 valence electrons. The van der Waals surface area contributed by atoms with Gasteiger partial charge in [-0.2, -0.15) is 0 Å². The second kappa shape index (κ2) is 34.9. The van der Waals surface area contributed by atoms with Crippen molar-refractivity contribution in [2.75, 3.05) is 92.5 Å². The van der Waals surface area contributed by atoms with Crippen LogP contribution < -0.4 is 0 Å². The second-order valence-electron chi connectivity index (χ2n) is 9.80. The van der Waals surface area contributed by atoms with Gasteiger partial charge in [-0.15, -0.1) is 0 Å². The standard InChI is InChI=1S/C31H60O10/c1-3-5-7-9-10-11-13-15-31(33)41-29-27-39-25-23-37-21-19-35-17-16-34-18-20-36-22-24-38-26-28-40-30(32)14-12-8-6-4-2/h3-29H2,1-2H3. The Hall–Kier alpha value is -1.30. The van der Waals surface area contributed by atoms with Crippen molar-refractivity contribution < 1.29 is 47.5 Å². The molecule has 0 saturated heterocycles. The van der Waals surface area contributed by atoms with Gasteiger partial charge in [-0.1, -0.05) is 71.6 Å². The summed E-state index contributed by atoms with van der Waals surface area (Å²) < 4.78 is 42.9. The minimum atomic E-state index is -0.152. The molecule has 0 radical (unpaired) electrons. The van der Waals surface area contributed by atoms with E-state index in [0.717, 1.165) is 38.5 Å². The zero-order valence-corrected chi connectivity index (χ0v) is 26.2. The molecule has 0 saturated carbocycles. The van der Waals surface area contributed by atoms with Crippen molar-refractivity contribution in [2.45, 2.75) is 97.3 Å². The van der Waals surface area contributed by atoms with E-state index < -0.39 is 0 Å². The van der Waals surface area contributed by atoms with Crippen LogP contribution in [0.1, 0.15) is 97.3 Å². The summed E-state index contributed by atoms with van der Waals surface area (Å²) in [4.78, 5) is 23.2. The Kier molecular flexibility index (Phi) is 33.8. The fourth-order valence-corrected chi connectivity index (χ4v) is 3.70. The normalized spacial score (nSPS) is 11.2. The summed E-state index contributed by atoms with van der Waals surface area (Å²) in [6.07, 6.45) is 13.6. The molecule has 0 aromatic heterocycles. The molecule has 0 aromatic rings. The number of carbonyl (C=O) groups excluding carboxylic acids is 2. The van der Waals surface area contributed by atoms with Gasteiger partial charge in [0.05, 0.1) is 79.3 Å². The third-order valence-electron chi connectivity index (χ3n) is 6.06. The molecule has 0 fully saturated rings. The maximum absolute atomic E-state index is 11.7. The summed E-state index contributed by atoms with van der Waals surface area (Å²) in [7, 11) is 0. The maximum Gasteiger partial charge on any atom is 0.305 e. The summed E-state index contributed by atoms with van der Waals surface area (Å²) in [5.41, 5.74) is 0. The third-order valence-corrected chi connectivity index (χ3v) is 6.06. The number of esters is 2. The molecule has 0 spiro atoms. The quantitative estimate of drug-likeness (QED) is 0.0723. The molecule has 0 amide bonds. The number of rotatable bonds is 34. The fourth-order valence-electron chi connectivity index (χ4n) is 3.70. The lowest BCUT2D eigenvalue weighted by molar-refractivity contribution is -0.146. The minimum absolute atomic E-state index is 0.141. The van der Waals surface area contributed by atoms with Crippen LogP contribution in [-0.2, 0) is 47.5 Å². The molecule has 0 unspecified atom stereocenters. The molecule has 0 N–H and O–H groups in total. The molecule has 0 aliphatic heterocycles. The first-order valence-corrected chi connectivity index (χ1v) is 16.0. The van der Waals surface area contributed by atoms with Crippen LogP contribution in [0.5, 0.6) is 0 Å². The van der Waals surface area contributed by atoms with Gasteiger partial charge < -0.3 is 37.9 Å². The molecule has 0 aliphatic rings. The van der Waals surface area contributed by atoms with Gasteiger partial charge >= 0.3 is 11.9 Å². The highest BCUT2D eigenvalue weighted by molar-refractivity contribution is 5.69. The molecule has 41 heavy (non-hydrogen) atoms. The molecular weight excluding hydrogens is 532 g/mol. The van der Waals surface area contributed by atoms with Crippen LogP contribution in [0.3, 0.4) is 0 Å². The molecule has 0 aromatic carbocycles. The minimum Gasteiger partial charge on any atom is -0.463 e. The number of hydrogen-bond donors (Lipinski definition) is 0. The van der Waals surface area contributed by atoms with Gasteiger partial charge in [0, 0.05) is 12.8 Å². The zero-order valence-electron chi connectivity index (χ0n) is 26.2. The topological polar surface area (TPSA) is 108 Å². The van der Waals surface area contributed by atoms with Crippen molar-refractivity contribution in [3.8, 4) is 0 Å². The van der Waals surface area contributed by atoms with E-state index in [0.29, 0.717) is 92.1 Å². The zero-order chi connectivity index (χ0) is 29.9. The predicted octanol–water partition coefficient (Wildman–Crippen LogP) is 5.28. The van der Waals surface area contributed by atoms with Gasteiger partial charge in [-0.3, -0.25) is 9.59 Å². The maximum atomic E-state index is 11.7. The number of carbonyl (C=O) groups is 2. The van der Waals surface area contributed by atoms with Crippen molar-refractivity contribution in [3.63, 3.8) is 0 Å². The lowest BCUT2D eigenvalue weighted by Gasteiger charge is -2.09. The van der Waals surface area contributed by atoms with Crippen molar-refractivity contribution in [3.05, 3.63) is 0 Å². The highest BCUT2D eigenvalue weighted by Crippen LogP contribution is 2.08. The summed E-state index contributed by atoms with van der Waals surface area (Å²) in [6, 6.07) is 0. The molecule has 0 bridgehead atoms. The van der Waals surface area contributed by atoms with Gasteiger partial charge in [-0.05, 0) is 12.8 Å².